The number of hydrogen-bond donors (Lipinski definition) is 2. The Labute approximate surface area is 155 Å². The van der Waals surface area contributed by atoms with Gasteiger partial charge in [0.2, 0.25) is 5.91 Å². The van der Waals surface area contributed by atoms with Crippen molar-refractivity contribution in [3.05, 3.63) is 16.0 Å². The van der Waals surface area contributed by atoms with Crippen LogP contribution in [0.2, 0.25) is 0 Å². The minimum Gasteiger partial charge on any atom is -0.480 e. The fourth-order valence-corrected chi connectivity index (χ4v) is 3.60. The summed E-state index contributed by atoms with van der Waals surface area (Å²) in [5.74, 6) is -3.54. The quantitative estimate of drug-likeness (QED) is 0.532. The van der Waals surface area contributed by atoms with E-state index in [2.05, 4.69) is 10.3 Å². The second kappa shape index (κ2) is 8.10. The topological polar surface area (TPSA) is 143 Å². The molecule has 0 bridgehead atoms. The molecule has 1 aliphatic rings. The number of carbonyl (C=O) groups is 5. The molecule has 26 heavy (non-hydrogen) atoms. The van der Waals surface area contributed by atoms with Crippen molar-refractivity contribution >= 4 is 62.8 Å². The molecular formula is C14H13N3O7S2. The summed E-state index contributed by atoms with van der Waals surface area (Å²) >= 11 is 1.45. The first-order valence-electron chi connectivity index (χ1n) is 7.15. The number of rotatable bonds is 6. The van der Waals surface area contributed by atoms with Crippen LogP contribution in [0.3, 0.4) is 0 Å². The highest BCUT2D eigenvalue weighted by atomic mass is 32.2. The lowest BCUT2D eigenvalue weighted by molar-refractivity contribution is -0.140. The third kappa shape index (κ3) is 4.26. The van der Waals surface area contributed by atoms with Crippen molar-refractivity contribution < 1.29 is 33.8 Å². The van der Waals surface area contributed by atoms with E-state index >= 15 is 0 Å². The largest absolute Gasteiger partial charge is 0.480 e. The summed E-state index contributed by atoms with van der Waals surface area (Å²) in [5, 5.41) is 12.1. The van der Waals surface area contributed by atoms with Crippen LogP contribution >= 0.6 is 23.1 Å². The van der Waals surface area contributed by atoms with E-state index in [-0.39, 0.29) is 33.8 Å². The Balaban J connectivity index is 2.49. The van der Waals surface area contributed by atoms with E-state index in [0.717, 1.165) is 11.3 Å². The van der Waals surface area contributed by atoms with Gasteiger partial charge in [0.1, 0.15) is 12.1 Å². The lowest BCUT2D eigenvalue weighted by Gasteiger charge is -2.09. The number of ether oxygens (including phenoxy) is 1. The van der Waals surface area contributed by atoms with Crippen LogP contribution in [-0.2, 0) is 23.9 Å². The number of carboxylic acids is 1. The number of aromatic nitrogens is 1. The minimum absolute atomic E-state index is 0.0178. The van der Waals surface area contributed by atoms with E-state index in [9.17, 15) is 24.0 Å². The van der Waals surface area contributed by atoms with Crippen LogP contribution in [0.1, 0.15) is 19.5 Å². The molecule has 1 aromatic heterocycles. The maximum atomic E-state index is 12.4. The number of nitrogens with zero attached hydrogens (tertiary/aromatic N) is 2. The van der Waals surface area contributed by atoms with Gasteiger partial charge in [-0.3, -0.25) is 24.1 Å². The van der Waals surface area contributed by atoms with Gasteiger partial charge in [0.05, 0.1) is 17.2 Å². The Morgan fingerprint density at radius 3 is 2.62 bits per heavy atom. The summed E-state index contributed by atoms with van der Waals surface area (Å²) in [6, 6.07) is 0. The third-order valence-corrected chi connectivity index (χ3v) is 4.63. The van der Waals surface area contributed by atoms with Gasteiger partial charge in [-0.1, -0.05) is 0 Å². The lowest BCUT2D eigenvalue weighted by atomic mass is 10.2. The molecule has 1 saturated heterocycles. The van der Waals surface area contributed by atoms with Gasteiger partial charge in [-0.25, -0.2) is 9.78 Å². The minimum atomic E-state index is -1.37. The van der Waals surface area contributed by atoms with Gasteiger partial charge in [-0.05, 0) is 18.7 Å². The molecule has 12 heteroatoms. The zero-order chi connectivity index (χ0) is 19.4. The molecule has 2 rings (SSSR count). The highest BCUT2D eigenvalue weighted by Gasteiger charge is 2.41. The number of hydrogen-bond acceptors (Lipinski definition) is 9. The molecule has 3 amide bonds. The maximum Gasteiger partial charge on any atom is 0.341 e. The summed E-state index contributed by atoms with van der Waals surface area (Å²) in [6.07, 6.45) is 0. The normalized spacial score (nSPS) is 15.8. The number of carboxylic acid groups (broad SMARTS) is 1. The van der Waals surface area contributed by atoms with Crippen LogP contribution in [-0.4, -0.2) is 57.1 Å². The second-order valence-electron chi connectivity index (χ2n) is 4.80. The Morgan fingerprint density at radius 2 is 2.04 bits per heavy atom. The second-order valence-corrected chi connectivity index (χ2v) is 6.62. The number of amides is 3. The number of aliphatic carboxylic acids is 1. The average molecular weight is 399 g/mol. The number of thioether (sulfide) groups is 1. The third-order valence-electron chi connectivity index (χ3n) is 2.89. The Morgan fingerprint density at radius 1 is 1.35 bits per heavy atom. The van der Waals surface area contributed by atoms with Crippen molar-refractivity contribution in [2.45, 2.75) is 13.8 Å². The molecule has 1 aromatic rings. The van der Waals surface area contributed by atoms with Crippen LogP contribution in [0.15, 0.2) is 10.3 Å². The van der Waals surface area contributed by atoms with Gasteiger partial charge in [0, 0.05) is 12.3 Å². The first-order chi connectivity index (χ1) is 12.2. The van der Waals surface area contributed by atoms with Crippen molar-refractivity contribution in [2.75, 3.05) is 18.5 Å². The van der Waals surface area contributed by atoms with Gasteiger partial charge in [0.15, 0.2) is 5.13 Å². The highest BCUT2D eigenvalue weighted by Crippen LogP contribution is 2.37. The fraction of sp³-hybridized carbons (Fsp3) is 0.286. The molecule has 0 atom stereocenters. The van der Waals surface area contributed by atoms with Crippen LogP contribution in [0, 0.1) is 0 Å². The van der Waals surface area contributed by atoms with Crippen molar-refractivity contribution in [2.24, 2.45) is 0 Å². The summed E-state index contributed by atoms with van der Waals surface area (Å²) in [4.78, 5) is 62.9. The lowest BCUT2D eigenvalue weighted by Crippen LogP contribution is -2.33. The van der Waals surface area contributed by atoms with Crippen molar-refractivity contribution in [3.8, 4) is 0 Å². The van der Waals surface area contributed by atoms with Crippen LogP contribution in [0.5, 0.6) is 0 Å². The monoisotopic (exact) mass is 399 g/mol. The standard InChI is InChI=1S/C14H13N3O7S2/c1-3-24-12(22)9(7-5-25-13(16-7)15-6(2)18)10-11(21)17(4-8(19)20)14(23)26-10/h5H,3-4H2,1-2H3,(H,19,20)(H,15,16,18). The first-order valence-corrected chi connectivity index (χ1v) is 8.84. The summed E-state index contributed by atoms with van der Waals surface area (Å²) in [6.45, 7) is 2.04. The Bertz CT molecular complexity index is 830. The van der Waals surface area contributed by atoms with Crippen LogP contribution in [0.4, 0.5) is 9.93 Å². The number of anilines is 1. The molecular weight excluding hydrogens is 386 g/mol. The van der Waals surface area contributed by atoms with E-state index in [1.807, 2.05) is 0 Å². The summed E-state index contributed by atoms with van der Waals surface area (Å²) < 4.78 is 4.93. The molecule has 1 aliphatic heterocycles. The predicted molar refractivity (Wildman–Crippen MR) is 92.3 cm³/mol. The SMILES string of the molecule is CCOC(=O)C(=C1SC(=O)N(CC(=O)O)C1=O)c1csc(NC(C)=O)n1. The van der Waals surface area contributed by atoms with Gasteiger partial charge in [0.25, 0.3) is 11.1 Å². The molecule has 2 N–H and O–H groups in total. The van der Waals surface area contributed by atoms with Crippen LogP contribution in [0.25, 0.3) is 5.57 Å². The maximum absolute atomic E-state index is 12.4. The number of nitrogens with one attached hydrogen (secondary N) is 1. The van der Waals surface area contributed by atoms with Gasteiger partial charge >= 0.3 is 11.9 Å². The number of carbonyl (C=O) groups excluding carboxylic acids is 4. The average Bonchev–Trinajstić information content (AvgIpc) is 3.08. The molecule has 0 spiro atoms. The zero-order valence-corrected chi connectivity index (χ0v) is 15.2. The van der Waals surface area contributed by atoms with Crippen LogP contribution < -0.4 is 5.32 Å². The molecule has 10 nitrogen and oxygen atoms in total. The molecule has 0 saturated carbocycles. The summed E-state index contributed by atoms with van der Waals surface area (Å²) in [7, 11) is 0. The number of thiazole rings is 1. The molecule has 138 valence electrons. The van der Waals surface area contributed by atoms with E-state index in [4.69, 9.17) is 9.84 Å². The molecule has 0 aromatic carbocycles. The zero-order valence-electron chi connectivity index (χ0n) is 13.6. The van der Waals surface area contributed by atoms with Crippen molar-refractivity contribution in [1.82, 2.24) is 9.88 Å². The fourth-order valence-electron chi connectivity index (χ4n) is 1.93. The highest BCUT2D eigenvalue weighted by molar-refractivity contribution is 8.18. The van der Waals surface area contributed by atoms with Crippen molar-refractivity contribution in [1.29, 1.82) is 0 Å². The van der Waals surface area contributed by atoms with E-state index < -0.39 is 29.6 Å². The number of esters is 1. The van der Waals surface area contributed by atoms with Gasteiger partial charge in [-0.15, -0.1) is 11.3 Å². The van der Waals surface area contributed by atoms with E-state index in [1.165, 1.54) is 12.3 Å². The Kier molecular flexibility index (Phi) is 6.10. The first kappa shape index (κ1) is 19.6. The van der Waals surface area contributed by atoms with Crippen molar-refractivity contribution in [3.63, 3.8) is 0 Å². The van der Waals surface area contributed by atoms with E-state index in [0.29, 0.717) is 16.7 Å². The van der Waals surface area contributed by atoms with Gasteiger partial charge < -0.3 is 15.2 Å². The Hall–Kier alpha value is -2.73. The van der Waals surface area contributed by atoms with E-state index in [1.54, 1.807) is 6.92 Å². The molecule has 2 heterocycles. The molecule has 0 radical (unpaired) electrons. The van der Waals surface area contributed by atoms with Gasteiger partial charge in [-0.2, -0.15) is 0 Å². The number of imide groups is 1. The predicted octanol–water partition coefficient (Wildman–Crippen LogP) is 1.16. The molecule has 1 fully saturated rings. The smallest absolute Gasteiger partial charge is 0.341 e. The summed E-state index contributed by atoms with van der Waals surface area (Å²) in [5.41, 5.74) is -0.214. The molecule has 0 aliphatic carbocycles. The molecule has 0 unspecified atom stereocenters.